The molecule has 33 heavy (non-hydrogen) atoms. The monoisotopic (exact) mass is 438 g/mol. The number of Topliss-reactive ketones (excluding diaryl/α,β-unsaturated/α-hetero) is 1. The van der Waals surface area contributed by atoms with Crippen LogP contribution in [0.4, 0.5) is 5.82 Å². The fourth-order valence-corrected chi connectivity index (χ4v) is 3.75. The minimum Gasteiger partial charge on any atom is -0.497 e. The Morgan fingerprint density at radius 1 is 0.970 bits per heavy atom. The van der Waals surface area contributed by atoms with Crippen molar-refractivity contribution in [3.8, 4) is 28.1 Å². The van der Waals surface area contributed by atoms with Gasteiger partial charge in [-0.1, -0.05) is 49.7 Å². The second kappa shape index (κ2) is 10.0. The van der Waals surface area contributed by atoms with Crippen LogP contribution < -0.4 is 10.5 Å². The van der Waals surface area contributed by atoms with E-state index in [4.69, 9.17) is 10.5 Å². The summed E-state index contributed by atoms with van der Waals surface area (Å²) in [6, 6.07) is 17.8. The highest BCUT2D eigenvalue weighted by Gasteiger charge is 2.18. The average molecular weight is 439 g/mol. The zero-order chi connectivity index (χ0) is 23.2. The fourth-order valence-electron chi connectivity index (χ4n) is 3.75. The van der Waals surface area contributed by atoms with Gasteiger partial charge < -0.3 is 10.5 Å². The van der Waals surface area contributed by atoms with Crippen LogP contribution in [0.2, 0.25) is 0 Å². The lowest BCUT2D eigenvalue weighted by Crippen LogP contribution is -2.12. The van der Waals surface area contributed by atoms with Gasteiger partial charge in [-0.05, 0) is 46.9 Å². The Morgan fingerprint density at radius 3 is 2.39 bits per heavy atom. The van der Waals surface area contributed by atoms with Gasteiger partial charge in [0.1, 0.15) is 11.4 Å². The van der Waals surface area contributed by atoms with Crippen LogP contribution in [0.15, 0.2) is 73.2 Å². The Labute approximate surface area is 193 Å². The van der Waals surface area contributed by atoms with Crippen LogP contribution in [0.25, 0.3) is 22.4 Å². The standard InChI is InChI=1S/C27H26N4O2/c1-3-4-18-5-7-20(8-6-18)24-17-30-27(28)26(31-24)25(32)15-21-16-29-14-13-23(21)19-9-11-22(33-2)12-10-19/h5-14,16-17H,3-4,15H2,1-2H3,(H2,28,30). The number of hydrogen-bond acceptors (Lipinski definition) is 6. The Hall–Kier alpha value is -4.06. The smallest absolute Gasteiger partial charge is 0.189 e. The van der Waals surface area contributed by atoms with E-state index in [0.29, 0.717) is 5.69 Å². The number of aryl methyl sites for hydroxylation is 1. The van der Waals surface area contributed by atoms with Crippen LogP contribution in [0.1, 0.15) is 35.0 Å². The van der Waals surface area contributed by atoms with E-state index in [2.05, 4.69) is 34.0 Å². The maximum Gasteiger partial charge on any atom is 0.189 e. The van der Waals surface area contributed by atoms with Crippen LogP contribution in [-0.4, -0.2) is 27.8 Å². The number of benzene rings is 2. The van der Waals surface area contributed by atoms with Gasteiger partial charge in [0.2, 0.25) is 0 Å². The van der Waals surface area contributed by atoms with Gasteiger partial charge in [-0.25, -0.2) is 9.97 Å². The second-order valence-electron chi connectivity index (χ2n) is 7.80. The van der Waals surface area contributed by atoms with E-state index in [1.165, 1.54) is 5.56 Å². The molecule has 2 heterocycles. The molecule has 0 fully saturated rings. The summed E-state index contributed by atoms with van der Waals surface area (Å²) in [4.78, 5) is 26.2. The molecule has 0 atom stereocenters. The van der Waals surface area contributed by atoms with Gasteiger partial charge >= 0.3 is 0 Å². The Morgan fingerprint density at radius 2 is 1.70 bits per heavy atom. The van der Waals surface area contributed by atoms with Gasteiger partial charge in [0, 0.05) is 24.4 Å². The molecule has 2 aromatic carbocycles. The summed E-state index contributed by atoms with van der Waals surface area (Å²) in [7, 11) is 1.63. The Balaban J connectivity index is 1.61. The van der Waals surface area contributed by atoms with Crippen LogP contribution in [0.3, 0.4) is 0 Å². The first-order valence-corrected chi connectivity index (χ1v) is 10.9. The maximum absolute atomic E-state index is 13.2. The third-order valence-electron chi connectivity index (χ3n) is 5.51. The quantitative estimate of drug-likeness (QED) is 0.382. The van der Waals surface area contributed by atoms with Crippen LogP contribution in [-0.2, 0) is 12.8 Å². The number of pyridine rings is 1. The van der Waals surface area contributed by atoms with Crippen molar-refractivity contribution in [3.63, 3.8) is 0 Å². The first-order chi connectivity index (χ1) is 16.1. The van der Waals surface area contributed by atoms with Gasteiger partial charge in [0.15, 0.2) is 11.6 Å². The predicted molar refractivity (Wildman–Crippen MR) is 130 cm³/mol. The number of methoxy groups -OCH3 is 1. The molecule has 0 spiro atoms. The third kappa shape index (κ3) is 5.06. The molecule has 0 amide bonds. The number of anilines is 1. The summed E-state index contributed by atoms with van der Waals surface area (Å²) in [5.41, 5.74) is 11.7. The second-order valence-corrected chi connectivity index (χ2v) is 7.80. The third-order valence-corrected chi connectivity index (χ3v) is 5.51. The number of aromatic nitrogens is 3. The zero-order valence-corrected chi connectivity index (χ0v) is 18.8. The molecule has 0 unspecified atom stereocenters. The minimum atomic E-state index is -0.202. The van der Waals surface area contributed by atoms with Crippen LogP contribution in [0, 0.1) is 0 Å². The van der Waals surface area contributed by atoms with Crippen molar-refractivity contribution < 1.29 is 9.53 Å². The van der Waals surface area contributed by atoms with E-state index < -0.39 is 0 Å². The summed E-state index contributed by atoms with van der Waals surface area (Å²) in [6.45, 7) is 2.15. The number of carbonyl (C=O) groups excluding carboxylic acids is 1. The molecular weight excluding hydrogens is 412 g/mol. The molecule has 4 aromatic rings. The molecule has 166 valence electrons. The molecule has 2 aromatic heterocycles. The zero-order valence-electron chi connectivity index (χ0n) is 18.8. The van der Waals surface area contributed by atoms with Crippen molar-refractivity contribution in [2.45, 2.75) is 26.2 Å². The molecular formula is C27H26N4O2. The minimum absolute atomic E-state index is 0.118. The summed E-state index contributed by atoms with van der Waals surface area (Å²) < 4.78 is 5.24. The number of nitrogen functional groups attached to an aromatic ring is 1. The molecule has 0 aliphatic carbocycles. The number of ether oxygens (including phenoxy) is 1. The van der Waals surface area contributed by atoms with Crippen LogP contribution in [0.5, 0.6) is 5.75 Å². The van der Waals surface area contributed by atoms with Gasteiger partial charge in [0.25, 0.3) is 0 Å². The van der Waals surface area contributed by atoms with Gasteiger partial charge in [-0.2, -0.15) is 0 Å². The van der Waals surface area contributed by atoms with E-state index in [1.54, 1.807) is 25.7 Å². The normalized spacial score (nSPS) is 10.7. The van der Waals surface area contributed by atoms with E-state index in [-0.39, 0.29) is 23.7 Å². The van der Waals surface area contributed by atoms with E-state index in [1.807, 2.05) is 42.5 Å². The first kappa shape index (κ1) is 22.1. The molecule has 0 aliphatic rings. The molecule has 0 bridgehead atoms. The SMILES string of the molecule is CCCc1ccc(-c2cnc(N)c(C(=O)Cc3cnccc3-c3ccc(OC)cc3)n2)cc1. The Kier molecular flexibility index (Phi) is 6.74. The van der Waals surface area contributed by atoms with Crippen LogP contribution >= 0.6 is 0 Å². The number of rotatable bonds is 8. The molecule has 2 N–H and O–H groups in total. The largest absolute Gasteiger partial charge is 0.497 e. The van der Waals surface area contributed by atoms with E-state index in [0.717, 1.165) is 40.8 Å². The summed E-state index contributed by atoms with van der Waals surface area (Å²) in [5.74, 6) is 0.696. The summed E-state index contributed by atoms with van der Waals surface area (Å²) in [6.07, 6.45) is 7.26. The molecule has 0 radical (unpaired) electrons. The van der Waals surface area contributed by atoms with Gasteiger partial charge in [-0.15, -0.1) is 0 Å². The highest BCUT2D eigenvalue weighted by Crippen LogP contribution is 2.27. The maximum atomic E-state index is 13.2. The molecule has 6 heteroatoms. The van der Waals surface area contributed by atoms with Crippen molar-refractivity contribution in [3.05, 3.63) is 90.0 Å². The van der Waals surface area contributed by atoms with E-state index >= 15 is 0 Å². The molecule has 0 saturated carbocycles. The van der Waals surface area contributed by atoms with Crippen molar-refractivity contribution in [2.24, 2.45) is 0 Å². The molecule has 6 nitrogen and oxygen atoms in total. The topological polar surface area (TPSA) is 91.0 Å². The van der Waals surface area contributed by atoms with Crippen molar-refractivity contribution in [2.75, 3.05) is 12.8 Å². The van der Waals surface area contributed by atoms with Crippen molar-refractivity contribution in [1.29, 1.82) is 0 Å². The number of carbonyl (C=O) groups is 1. The van der Waals surface area contributed by atoms with Gasteiger partial charge in [0.05, 0.1) is 19.0 Å². The van der Waals surface area contributed by atoms with Crippen molar-refractivity contribution in [1.82, 2.24) is 15.0 Å². The average Bonchev–Trinajstić information content (AvgIpc) is 2.85. The number of hydrogen-bond donors (Lipinski definition) is 1. The lowest BCUT2D eigenvalue weighted by atomic mass is 9.97. The number of ketones is 1. The summed E-state index contributed by atoms with van der Waals surface area (Å²) >= 11 is 0. The highest BCUT2D eigenvalue weighted by molar-refractivity contribution is 6.00. The molecule has 0 aliphatic heterocycles. The highest BCUT2D eigenvalue weighted by atomic mass is 16.5. The number of nitrogens with zero attached hydrogens (tertiary/aromatic N) is 3. The lowest BCUT2D eigenvalue weighted by Gasteiger charge is -2.11. The predicted octanol–water partition coefficient (Wildman–Crippen LogP) is 5.17. The molecule has 0 saturated heterocycles. The number of nitrogens with two attached hydrogens (primary N) is 1. The Bertz CT molecular complexity index is 1250. The summed E-state index contributed by atoms with van der Waals surface area (Å²) in [5, 5.41) is 0. The fraction of sp³-hybridized carbons (Fsp3) is 0.185. The lowest BCUT2D eigenvalue weighted by molar-refractivity contribution is 0.0989. The van der Waals surface area contributed by atoms with Gasteiger partial charge in [-0.3, -0.25) is 9.78 Å². The molecule has 4 rings (SSSR count). The van der Waals surface area contributed by atoms with Crippen molar-refractivity contribution >= 4 is 11.6 Å². The first-order valence-electron chi connectivity index (χ1n) is 10.9. The van der Waals surface area contributed by atoms with E-state index in [9.17, 15) is 4.79 Å².